The Hall–Kier alpha value is -3.31. The largest absolute Gasteiger partial charge is 0.466 e. The second-order valence-electron chi connectivity index (χ2n) is 11.8. The summed E-state index contributed by atoms with van der Waals surface area (Å²) in [4.78, 5) is 58.0. The zero-order valence-electron chi connectivity index (χ0n) is 25.3. The number of carbonyl (C=O) groups excluding carboxylic acids is 4. The molecule has 2 heterocycles. The second kappa shape index (κ2) is 15.2. The summed E-state index contributed by atoms with van der Waals surface area (Å²) in [5, 5.41) is 16.2. The van der Waals surface area contributed by atoms with Gasteiger partial charge < -0.3 is 25.4 Å². The summed E-state index contributed by atoms with van der Waals surface area (Å²) < 4.78 is 4.92. The van der Waals surface area contributed by atoms with Crippen LogP contribution in [-0.4, -0.2) is 70.0 Å². The molecule has 3 amide bonds. The minimum atomic E-state index is -0.868. The maximum Gasteiger partial charge on any atom is 0.305 e. The van der Waals surface area contributed by atoms with Gasteiger partial charge in [-0.2, -0.15) is 0 Å². The number of unbranched alkanes of at least 4 members (excludes halogenated alkanes) is 2. The number of aryl methyl sites for hydroxylation is 1. The van der Waals surface area contributed by atoms with Gasteiger partial charge in [0, 0.05) is 32.4 Å². The van der Waals surface area contributed by atoms with Crippen LogP contribution in [0.1, 0.15) is 77.5 Å². The van der Waals surface area contributed by atoms with Crippen LogP contribution in [0, 0.1) is 12.3 Å². The van der Waals surface area contributed by atoms with Gasteiger partial charge in [-0.25, -0.2) is 4.98 Å². The topological polar surface area (TPSA) is 138 Å². The SMILES string of the molecule is CCOC(=O)CCCCCC(=O)N[C@H](C(=O)N1C[C@H](O)C[C@H]1C(=O)NCc1ccc(-c2scnc2C)cc1)C(C)(C)C. The molecule has 1 saturated heterocycles. The fourth-order valence-electron chi connectivity index (χ4n) is 4.98. The normalized spacial score (nSPS) is 17.5. The number of carbonyl (C=O) groups is 4. The molecule has 3 atom stereocenters. The second-order valence-corrected chi connectivity index (χ2v) is 12.7. The predicted octanol–water partition coefficient (Wildman–Crippen LogP) is 3.74. The molecule has 1 aliphatic heterocycles. The maximum atomic E-state index is 13.7. The van der Waals surface area contributed by atoms with E-state index < -0.39 is 23.6 Å². The molecule has 0 radical (unpaired) electrons. The highest BCUT2D eigenvalue weighted by Gasteiger charge is 2.44. The Morgan fingerprint density at radius 2 is 1.81 bits per heavy atom. The lowest BCUT2D eigenvalue weighted by molar-refractivity contribution is -0.144. The van der Waals surface area contributed by atoms with Crippen molar-refractivity contribution in [2.75, 3.05) is 13.2 Å². The summed E-state index contributed by atoms with van der Waals surface area (Å²) in [5.41, 5.74) is 4.14. The number of ether oxygens (including phenoxy) is 1. The van der Waals surface area contributed by atoms with Crippen LogP contribution in [0.5, 0.6) is 0 Å². The Balaban J connectivity index is 1.56. The van der Waals surface area contributed by atoms with E-state index in [-0.39, 0.29) is 49.6 Å². The summed E-state index contributed by atoms with van der Waals surface area (Å²) in [6, 6.07) is 6.18. The molecule has 230 valence electrons. The molecule has 3 N–H and O–H groups in total. The van der Waals surface area contributed by atoms with Crippen molar-refractivity contribution in [3.05, 3.63) is 41.0 Å². The van der Waals surface area contributed by atoms with Crippen LogP contribution in [0.4, 0.5) is 0 Å². The molecule has 1 aromatic heterocycles. The van der Waals surface area contributed by atoms with Crippen molar-refractivity contribution in [2.24, 2.45) is 5.41 Å². The van der Waals surface area contributed by atoms with Crippen LogP contribution in [0.25, 0.3) is 10.4 Å². The fourth-order valence-corrected chi connectivity index (χ4v) is 5.79. The number of esters is 1. The Labute approximate surface area is 252 Å². The van der Waals surface area contributed by atoms with Gasteiger partial charge in [-0.15, -0.1) is 11.3 Å². The standard InChI is InChI=1S/C31H44N4O6S/c1-6-41-26(38)11-9-7-8-10-25(37)34-28(31(3,4)5)30(40)35-18-23(36)16-24(35)29(39)32-17-21-12-14-22(15-13-21)27-20(2)33-19-42-27/h12-15,19,23-24,28,36H,6-11,16-18H2,1-5H3,(H,32,39)(H,34,37)/t23-,24+,28-/m1/s1. The number of thiazole rings is 1. The minimum Gasteiger partial charge on any atom is -0.466 e. The molecular formula is C31H44N4O6S. The zero-order valence-corrected chi connectivity index (χ0v) is 26.1. The minimum absolute atomic E-state index is 0.0239. The molecule has 2 aromatic rings. The summed E-state index contributed by atoms with van der Waals surface area (Å²) in [5.74, 6) is -1.24. The number of nitrogens with zero attached hydrogens (tertiary/aromatic N) is 2. The Morgan fingerprint density at radius 1 is 1.12 bits per heavy atom. The Kier molecular flexibility index (Phi) is 12.0. The lowest BCUT2D eigenvalue weighted by Gasteiger charge is -2.35. The predicted molar refractivity (Wildman–Crippen MR) is 161 cm³/mol. The van der Waals surface area contributed by atoms with Crippen molar-refractivity contribution in [1.82, 2.24) is 20.5 Å². The molecule has 0 aliphatic carbocycles. The van der Waals surface area contributed by atoms with E-state index in [1.165, 1.54) is 4.90 Å². The van der Waals surface area contributed by atoms with Crippen LogP contribution in [0.3, 0.4) is 0 Å². The van der Waals surface area contributed by atoms with Gasteiger partial charge in [0.05, 0.1) is 28.8 Å². The van der Waals surface area contributed by atoms with Gasteiger partial charge in [-0.05, 0) is 43.2 Å². The number of hydrogen-bond donors (Lipinski definition) is 3. The Bertz CT molecular complexity index is 1220. The number of nitrogens with one attached hydrogen (secondary N) is 2. The van der Waals surface area contributed by atoms with Crippen LogP contribution in [0.2, 0.25) is 0 Å². The molecule has 0 saturated carbocycles. The van der Waals surface area contributed by atoms with E-state index in [2.05, 4.69) is 15.6 Å². The number of β-amino-alcohol motifs (C(OH)–C–C–N with tert-alkyl or cyclic N) is 1. The molecule has 1 fully saturated rings. The molecule has 1 aromatic carbocycles. The first kappa shape index (κ1) is 33.2. The van der Waals surface area contributed by atoms with Crippen molar-refractivity contribution >= 4 is 35.0 Å². The summed E-state index contributed by atoms with van der Waals surface area (Å²) >= 11 is 1.58. The highest BCUT2D eigenvalue weighted by molar-refractivity contribution is 7.13. The lowest BCUT2D eigenvalue weighted by Crippen LogP contribution is -2.57. The van der Waals surface area contributed by atoms with Gasteiger partial charge in [-0.3, -0.25) is 19.2 Å². The molecular weight excluding hydrogens is 556 g/mol. The third kappa shape index (κ3) is 9.35. The summed E-state index contributed by atoms with van der Waals surface area (Å²) in [6.45, 7) is 9.95. The van der Waals surface area contributed by atoms with E-state index >= 15 is 0 Å². The smallest absolute Gasteiger partial charge is 0.305 e. The summed E-state index contributed by atoms with van der Waals surface area (Å²) in [7, 11) is 0. The maximum absolute atomic E-state index is 13.7. The average Bonchev–Trinajstić information content (AvgIpc) is 3.55. The highest BCUT2D eigenvalue weighted by Crippen LogP contribution is 2.28. The van der Waals surface area contributed by atoms with Gasteiger partial charge in [0.2, 0.25) is 17.7 Å². The van der Waals surface area contributed by atoms with Crippen molar-refractivity contribution < 1.29 is 29.0 Å². The van der Waals surface area contributed by atoms with Crippen LogP contribution >= 0.6 is 11.3 Å². The Morgan fingerprint density at radius 3 is 2.43 bits per heavy atom. The molecule has 10 nitrogen and oxygen atoms in total. The molecule has 11 heteroatoms. The van der Waals surface area contributed by atoms with Crippen LogP contribution < -0.4 is 10.6 Å². The third-order valence-electron chi connectivity index (χ3n) is 7.30. The van der Waals surface area contributed by atoms with Crippen LogP contribution in [0.15, 0.2) is 29.8 Å². The summed E-state index contributed by atoms with van der Waals surface area (Å²) in [6.07, 6.45) is 1.73. The van der Waals surface area contributed by atoms with E-state index in [0.717, 1.165) is 21.7 Å². The van der Waals surface area contributed by atoms with Gasteiger partial charge in [0.25, 0.3) is 0 Å². The quantitative estimate of drug-likeness (QED) is 0.235. The van der Waals surface area contributed by atoms with Gasteiger partial charge in [0.1, 0.15) is 12.1 Å². The average molecular weight is 601 g/mol. The molecule has 1 aliphatic rings. The first-order valence-corrected chi connectivity index (χ1v) is 15.5. The monoisotopic (exact) mass is 600 g/mol. The van der Waals surface area contributed by atoms with Gasteiger partial charge in [0.15, 0.2) is 0 Å². The number of aromatic nitrogens is 1. The van der Waals surface area contributed by atoms with Gasteiger partial charge in [-0.1, -0.05) is 51.5 Å². The van der Waals surface area contributed by atoms with Gasteiger partial charge >= 0.3 is 5.97 Å². The van der Waals surface area contributed by atoms with Crippen molar-refractivity contribution in [1.29, 1.82) is 0 Å². The first-order chi connectivity index (χ1) is 19.9. The molecule has 0 spiro atoms. The van der Waals surface area contributed by atoms with E-state index in [9.17, 15) is 24.3 Å². The molecule has 0 unspecified atom stereocenters. The van der Waals surface area contributed by atoms with Crippen LogP contribution in [-0.2, 0) is 30.5 Å². The number of benzene rings is 1. The molecule has 0 bridgehead atoms. The first-order valence-electron chi connectivity index (χ1n) is 14.6. The number of likely N-dealkylation sites (tertiary alicyclic amines) is 1. The third-order valence-corrected chi connectivity index (χ3v) is 8.28. The number of aliphatic hydroxyl groups is 1. The van der Waals surface area contributed by atoms with E-state index in [1.54, 1.807) is 18.3 Å². The van der Waals surface area contributed by atoms with Crippen molar-refractivity contribution in [2.45, 2.75) is 97.9 Å². The molecule has 42 heavy (non-hydrogen) atoms. The van der Waals surface area contributed by atoms with E-state index in [4.69, 9.17) is 4.74 Å². The number of aliphatic hydroxyl groups excluding tert-OH is 1. The van der Waals surface area contributed by atoms with Crippen molar-refractivity contribution in [3.63, 3.8) is 0 Å². The van der Waals surface area contributed by atoms with Crippen molar-refractivity contribution in [3.8, 4) is 10.4 Å². The van der Waals surface area contributed by atoms with E-state index in [0.29, 0.717) is 32.3 Å². The lowest BCUT2D eigenvalue weighted by atomic mass is 9.85. The zero-order chi connectivity index (χ0) is 30.9. The number of rotatable bonds is 13. The molecule has 3 rings (SSSR count). The number of amides is 3. The number of hydrogen-bond acceptors (Lipinski definition) is 8. The highest BCUT2D eigenvalue weighted by atomic mass is 32.1. The van der Waals surface area contributed by atoms with E-state index in [1.807, 2.05) is 57.5 Å². The fraction of sp³-hybridized carbons (Fsp3) is 0.581.